The molecule has 2 aromatic rings. The van der Waals surface area contributed by atoms with Gasteiger partial charge in [-0.15, -0.1) is 11.8 Å². The zero-order valence-electron chi connectivity index (χ0n) is 10.5. The summed E-state index contributed by atoms with van der Waals surface area (Å²) in [7, 11) is 0. The summed E-state index contributed by atoms with van der Waals surface area (Å²) in [5.41, 5.74) is 6.08. The Morgan fingerprint density at radius 3 is 2.90 bits per heavy atom. The zero-order valence-corrected chi connectivity index (χ0v) is 11.4. The van der Waals surface area contributed by atoms with Crippen LogP contribution in [0.4, 0.5) is 15.9 Å². The summed E-state index contributed by atoms with van der Waals surface area (Å²) in [5.74, 6) is 0.294. The summed E-state index contributed by atoms with van der Waals surface area (Å²) in [4.78, 5) is 19.7. The van der Waals surface area contributed by atoms with Gasteiger partial charge in [0, 0.05) is 30.3 Å². The number of thioether (sulfide) groups is 1. The standard InChI is InChI=1S/C13H13FN4OS/c14-9-2-1-3-10(8-9)18-11(19)4-7-20-13-12(15)16-5-6-17-13/h1-3,5-6,8H,4,7H2,(H2,15,16)(H,18,19). The van der Waals surface area contributed by atoms with Crippen LogP contribution in [0.2, 0.25) is 0 Å². The Balaban J connectivity index is 1.80. The molecule has 3 N–H and O–H groups in total. The van der Waals surface area contributed by atoms with E-state index in [1.165, 1.54) is 30.1 Å². The molecule has 2 rings (SSSR count). The molecule has 0 fully saturated rings. The third-order valence-corrected chi connectivity index (χ3v) is 3.36. The van der Waals surface area contributed by atoms with Crippen molar-refractivity contribution in [3.8, 4) is 0 Å². The van der Waals surface area contributed by atoms with Gasteiger partial charge in [-0.25, -0.2) is 14.4 Å². The first-order valence-corrected chi connectivity index (χ1v) is 6.88. The molecule has 0 spiro atoms. The van der Waals surface area contributed by atoms with Crippen molar-refractivity contribution in [2.75, 3.05) is 16.8 Å². The van der Waals surface area contributed by atoms with Crippen molar-refractivity contribution < 1.29 is 9.18 Å². The van der Waals surface area contributed by atoms with Crippen LogP contribution in [0.5, 0.6) is 0 Å². The quantitative estimate of drug-likeness (QED) is 0.827. The molecule has 1 heterocycles. The lowest BCUT2D eigenvalue weighted by Crippen LogP contribution is -2.12. The summed E-state index contributed by atoms with van der Waals surface area (Å²) in [6.45, 7) is 0. The molecule has 0 saturated carbocycles. The lowest BCUT2D eigenvalue weighted by Gasteiger charge is -2.05. The number of hydrogen-bond acceptors (Lipinski definition) is 5. The monoisotopic (exact) mass is 292 g/mol. The van der Waals surface area contributed by atoms with E-state index in [0.29, 0.717) is 22.3 Å². The van der Waals surface area contributed by atoms with Gasteiger partial charge in [0.15, 0.2) is 5.82 Å². The Morgan fingerprint density at radius 2 is 2.15 bits per heavy atom. The molecule has 5 nitrogen and oxygen atoms in total. The maximum absolute atomic E-state index is 13.0. The largest absolute Gasteiger partial charge is 0.381 e. The number of nitrogens with two attached hydrogens (primary N) is 1. The topological polar surface area (TPSA) is 80.9 Å². The van der Waals surface area contributed by atoms with E-state index in [1.807, 2.05) is 0 Å². The Hall–Kier alpha value is -2.15. The summed E-state index contributed by atoms with van der Waals surface area (Å²) in [6, 6.07) is 5.77. The second-order valence-corrected chi connectivity index (χ2v) is 4.99. The minimum Gasteiger partial charge on any atom is -0.381 e. The molecular weight excluding hydrogens is 279 g/mol. The third kappa shape index (κ3) is 4.20. The molecule has 0 unspecified atom stereocenters. The van der Waals surface area contributed by atoms with Crippen LogP contribution >= 0.6 is 11.8 Å². The van der Waals surface area contributed by atoms with E-state index in [4.69, 9.17) is 5.73 Å². The van der Waals surface area contributed by atoms with Gasteiger partial charge in [0.2, 0.25) is 5.91 Å². The van der Waals surface area contributed by atoms with Gasteiger partial charge in [0.05, 0.1) is 0 Å². The van der Waals surface area contributed by atoms with E-state index >= 15 is 0 Å². The van der Waals surface area contributed by atoms with Crippen LogP contribution in [0, 0.1) is 5.82 Å². The van der Waals surface area contributed by atoms with Gasteiger partial charge in [-0.1, -0.05) is 6.07 Å². The Morgan fingerprint density at radius 1 is 1.35 bits per heavy atom. The average Bonchev–Trinajstić information content (AvgIpc) is 2.41. The number of halogens is 1. The average molecular weight is 292 g/mol. The maximum Gasteiger partial charge on any atom is 0.225 e. The second-order valence-electron chi connectivity index (χ2n) is 3.90. The smallest absolute Gasteiger partial charge is 0.225 e. The molecule has 0 atom stereocenters. The molecule has 0 bridgehead atoms. The van der Waals surface area contributed by atoms with E-state index in [2.05, 4.69) is 15.3 Å². The molecule has 1 aromatic heterocycles. The van der Waals surface area contributed by atoms with Crippen LogP contribution in [0.25, 0.3) is 0 Å². The van der Waals surface area contributed by atoms with E-state index in [-0.39, 0.29) is 18.1 Å². The summed E-state index contributed by atoms with van der Waals surface area (Å²) in [5, 5.41) is 3.23. The second kappa shape index (κ2) is 6.85. The molecule has 1 aromatic carbocycles. The maximum atomic E-state index is 13.0. The van der Waals surface area contributed by atoms with Crippen molar-refractivity contribution in [2.24, 2.45) is 0 Å². The van der Waals surface area contributed by atoms with Gasteiger partial charge in [-0.05, 0) is 18.2 Å². The van der Waals surface area contributed by atoms with Crippen LogP contribution in [-0.4, -0.2) is 21.6 Å². The fourth-order valence-electron chi connectivity index (χ4n) is 1.48. The molecule has 0 aliphatic carbocycles. The highest BCUT2D eigenvalue weighted by Crippen LogP contribution is 2.20. The molecular formula is C13H13FN4OS. The highest BCUT2D eigenvalue weighted by atomic mass is 32.2. The van der Waals surface area contributed by atoms with Gasteiger partial charge in [0.25, 0.3) is 0 Å². The highest BCUT2D eigenvalue weighted by Gasteiger charge is 2.06. The fraction of sp³-hybridized carbons (Fsp3) is 0.154. The summed E-state index contributed by atoms with van der Waals surface area (Å²) in [6.07, 6.45) is 3.33. The van der Waals surface area contributed by atoms with Crippen LogP contribution in [0.15, 0.2) is 41.7 Å². The molecule has 1 amide bonds. The molecule has 104 valence electrons. The van der Waals surface area contributed by atoms with Gasteiger partial charge in [0.1, 0.15) is 10.8 Å². The zero-order chi connectivity index (χ0) is 14.4. The first-order chi connectivity index (χ1) is 9.65. The predicted molar refractivity (Wildman–Crippen MR) is 76.8 cm³/mol. The fourth-order valence-corrected chi connectivity index (χ4v) is 2.29. The minimum atomic E-state index is -0.385. The lowest BCUT2D eigenvalue weighted by molar-refractivity contribution is -0.115. The first kappa shape index (κ1) is 14.3. The Labute approximate surface area is 119 Å². The van der Waals surface area contributed by atoms with Crippen molar-refractivity contribution >= 4 is 29.2 Å². The first-order valence-electron chi connectivity index (χ1n) is 5.90. The van der Waals surface area contributed by atoms with Gasteiger partial charge in [-0.2, -0.15) is 0 Å². The van der Waals surface area contributed by atoms with Crippen LogP contribution in [-0.2, 0) is 4.79 Å². The number of benzene rings is 1. The summed E-state index contributed by atoms with van der Waals surface area (Å²) >= 11 is 1.36. The molecule has 20 heavy (non-hydrogen) atoms. The Bertz CT molecular complexity index is 608. The third-order valence-electron chi connectivity index (χ3n) is 2.37. The lowest BCUT2D eigenvalue weighted by atomic mass is 10.3. The number of rotatable bonds is 5. The van der Waals surface area contributed by atoms with E-state index in [9.17, 15) is 9.18 Å². The number of nitrogen functional groups attached to an aromatic ring is 1. The highest BCUT2D eigenvalue weighted by molar-refractivity contribution is 7.99. The van der Waals surface area contributed by atoms with Crippen LogP contribution < -0.4 is 11.1 Å². The molecule has 7 heteroatoms. The number of carbonyl (C=O) groups is 1. The van der Waals surface area contributed by atoms with Gasteiger partial charge < -0.3 is 11.1 Å². The number of hydrogen-bond donors (Lipinski definition) is 2. The minimum absolute atomic E-state index is 0.189. The molecule has 0 aliphatic rings. The van der Waals surface area contributed by atoms with E-state index in [1.54, 1.807) is 18.3 Å². The van der Waals surface area contributed by atoms with Crippen molar-refractivity contribution in [1.29, 1.82) is 0 Å². The van der Waals surface area contributed by atoms with Gasteiger partial charge >= 0.3 is 0 Å². The van der Waals surface area contributed by atoms with E-state index < -0.39 is 0 Å². The number of amides is 1. The van der Waals surface area contributed by atoms with Crippen LogP contribution in [0.3, 0.4) is 0 Å². The van der Waals surface area contributed by atoms with Gasteiger partial charge in [-0.3, -0.25) is 4.79 Å². The van der Waals surface area contributed by atoms with E-state index in [0.717, 1.165) is 0 Å². The van der Waals surface area contributed by atoms with Crippen molar-refractivity contribution in [3.05, 3.63) is 42.5 Å². The van der Waals surface area contributed by atoms with Crippen LogP contribution in [0.1, 0.15) is 6.42 Å². The SMILES string of the molecule is Nc1nccnc1SCCC(=O)Nc1cccc(F)c1. The molecule has 0 saturated heterocycles. The summed E-state index contributed by atoms with van der Waals surface area (Å²) < 4.78 is 13.0. The van der Waals surface area contributed by atoms with Crippen molar-refractivity contribution in [1.82, 2.24) is 9.97 Å². The number of nitrogens with zero attached hydrogens (tertiary/aromatic N) is 2. The number of anilines is 2. The number of aromatic nitrogens is 2. The number of nitrogens with one attached hydrogen (secondary N) is 1. The van der Waals surface area contributed by atoms with Crippen molar-refractivity contribution in [2.45, 2.75) is 11.4 Å². The Kier molecular flexibility index (Phi) is 4.89. The predicted octanol–water partition coefficient (Wildman–Crippen LogP) is 2.32. The van der Waals surface area contributed by atoms with Crippen molar-refractivity contribution in [3.63, 3.8) is 0 Å². The normalized spacial score (nSPS) is 10.2. The molecule has 0 radical (unpaired) electrons. The molecule has 0 aliphatic heterocycles. The number of carbonyl (C=O) groups excluding carboxylic acids is 1.